The number of phosphoric acid groups is 1. The summed E-state index contributed by atoms with van der Waals surface area (Å²) in [5, 5.41) is 2.63. The lowest BCUT2D eigenvalue weighted by Crippen LogP contribution is -2.14. The van der Waals surface area contributed by atoms with Crippen LogP contribution in [0.5, 0.6) is 0 Å². The van der Waals surface area contributed by atoms with Crippen molar-refractivity contribution < 1.29 is 32.5 Å². The van der Waals surface area contributed by atoms with Crippen LogP contribution in [0.1, 0.15) is 49.5 Å². The third-order valence-corrected chi connectivity index (χ3v) is 4.95. The number of hydrogen-bond acceptors (Lipinski definition) is 7. The summed E-state index contributed by atoms with van der Waals surface area (Å²) < 4.78 is 32.6. The molecule has 0 aliphatic rings. The van der Waals surface area contributed by atoms with Crippen molar-refractivity contribution in [2.45, 2.75) is 40.5 Å². The molecule has 0 saturated heterocycles. The first-order valence-corrected chi connectivity index (χ1v) is 10.4. The smallest absolute Gasteiger partial charge is 0.462 e. The van der Waals surface area contributed by atoms with Crippen LogP contribution in [-0.4, -0.2) is 38.3 Å². The first-order valence-electron chi connectivity index (χ1n) is 8.90. The van der Waals surface area contributed by atoms with Gasteiger partial charge in [0.05, 0.1) is 37.7 Å². The van der Waals surface area contributed by atoms with Crippen LogP contribution in [0, 0.1) is 6.92 Å². The fourth-order valence-corrected chi connectivity index (χ4v) is 3.39. The molecule has 0 aromatic heterocycles. The first kappa shape index (κ1) is 23.3. The molecule has 0 fully saturated rings. The second kappa shape index (κ2) is 11.9. The summed E-state index contributed by atoms with van der Waals surface area (Å²) in [7, 11) is -3.51. The van der Waals surface area contributed by atoms with Crippen LogP contribution in [0.15, 0.2) is 18.2 Å². The van der Waals surface area contributed by atoms with Crippen LogP contribution >= 0.6 is 7.82 Å². The van der Waals surface area contributed by atoms with Crippen LogP contribution in [0.2, 0.25) is 0 Å². The van der Waals surface area contributed by atoms with Crippen molar-refractivity contribution >= 4 is 25.4 Å². The van der Waals surface area contributed by atoms with Gasteiger partial charge < -0.3 is 10.1 Å². The van der Waals surface area contributed by atoms with Crippen LogP contribution in [0.3, 0.4) is 0 Å². The van der Waals surface area contributed by atoms with E-state index in [1.54, 1.807) is 32.0 Å². The van der Waals surface area contributed by atoms with Gasteiger partial charge in [0.15, 0.2) is 0 Å². The third-order valence-electron chi connectivity index (χ3n) is 3.30. The molecule has 9 heteroatoms. The molecule has 1 N–H and O–H groups in total. The first-order chi connectivity index (χ1) is 12.8. The van der Waals surface area contributed by atoms with E-state index < -0.39 is 13.8 Å². The molecule has 0 spiro atoms. The Bertz CT molecular complexity index is 668. The van der Waals surface area contributed by atoms with E-state index in [1.165, 1.54) is 6.92 Å². The maximum absolute atomic E-state index is 12.2. The lowest BCUT2D eigenvalue weighted by molar-refractivity contribution is -0.114. The van der Waals surface area contributed by atoms with Gasteiger partial charge in [-0.05, 0) is 51.3 Å². The number of ether oxygens (including phenoxy) is 1. The number of carbonyl (C=O) groups is 2. The van der Waals surface area contributed by atoms with E-state index in [0.717, 1.165) is 5.56 Å². The number of amides is 1. The van der Waals surface area contributed by atoms with Crippen molar-refractivity contribution in [3.05, 3.63) is 29.3 Å². The van der Waals surface area contributed by atoms with E-state index in [4.69, 9.17) is 18.3 Å². The zero-order valence-electron chi connectivity index (χ0n) is 16.3. The Balaban J connectivity index is 2.44. The molecule has 1 aromatic rings. The Morgan fingerprint density at radius 2 is 1.67 bits per heavy atom. The minimum absolute atomic E-state index is 0.163. The van der Waals surface area contributed by atoms with Gasteiger partial charge in [0.25, 0.3) is 0 Å². The Hall–Kier alpha value is -1.73. The van der Waals surface area contributed by atoms with Crippen molar-refractivity contribution in [2.75, 3.05) is 31.7 Å². The van der Waals surface area contributed by atoms with Crippen molar-refractivity contribution in [1.29, 1.82) is 0 Å². The SMILES string of the molecule is CCOP(=O)(OCC)OCCCCOC(=O)c1ccc(C)cc1NC(C)=O. The highest BCUT2D eigenvalue weighted by molar-refractivity contribution is 7.48. The largest absolute Gasteiger partial charge is 0.474 e. The summed E-state index contributed by atoms with van der Waals surface area (Å²) in [6, 6.07) is 5.10. The number of unbranched alkanes of at least 4 members (excludes halogenated alkanes) is 1. The molecule has 0 heterocycles. The number of aryl methyl sites for hydroxylation is 1. The predicted molar refractivity (Wildman–Crippen MR) is 102 cm³/mol. The highest BCUT2D eigenvalue weighted by Crippen LogP contribution is 2.49. The van der Waals surface area contributed by atoms with E-state index >= 15 is 0 Å². The summed E-state index contributed by atoms with van der Waals surface area (Å²) >= 11 is 0. The Morgan fingerprint density at radius 3 is 2.26 bits per heavy atom. The summed E-state index contributed by atoms with van der Waals surface area (Å²) in [5.74, 6) is -0.784. The lowest BCUT2D eigenvalue weighted by Gasteiger charge is -2.16. The number of esters is 1. The van der Waals surface area contributed by atoms with Crippen LogP contribution < -0.4 is 5.32 Å². The molecule has 152 valence electrons. The molecule has 0 saturated carbocycles. The predicted octanol–water partition coefficient (Wildman–Crippen LogP) is 4.09. The molecule has 0 unspecified atom stereocenters. The molecular weight excluding hydrogens is 373 g/mol. The molecule has 0 aliphatic carbocycles. The van der Waals surface area contributed by atoms with Gasteiger partial charge in [-0.25, -0.2) is 9.36 Å². The summed E-state index contributed by atoms with van der Waals surface area (Å²) in [4.78, 5) is 23.5. The zero-order valence-corrected chi connectivity index (χ0v) is 17.2. The summed E-state index contributed by atoms with van der Waals surface area (Å²) in [6.07, 6.45) is 1.04. The number of carbonyl (C=O) groups excluding carboxylic acids is 2. The molecule has 0 atom stereocenters. The van der Waals surface area contributed by atoms with Gasteiger partial charge in [-0.3, -0.25) is 18.4 Å². The van der Waals surface area contributed by atoms with Crippen molar-refractivity contribution in [1.82, 2.24) is 0 Å². The van der Waals surface area contributed by atoms with Gasteiger partial charge in [-0.2, -0.15) is 0 Å². The normalized spacial score (nSPS) is 11.3. The van der Waals surface area contributed by atoms with Gasteiger partial charge in [0.2, 0.25) is 5.91 Å². The number of phosphoric ester groups is 1. The number of rotatable bonds is 12. The summed E-state index contributed by atoms with van der Waals surface area (Å²) in [5.41, 5.74) is 1.63. The molecular formula is C18H28NO7P. The maximum atomic E-state index is 12.2. The zero-order chi connectivity index (χ0) is 20.3. The average Bonchev–Trinajstić information content (AvgIpc) is 2.57. The summed E-state index contributed by atoms with van der Waals surface area (Å²) in [6.45, 7) is 7.43. The van der Waals surface area contributed by atoms with E-state index in [1.807, 2.05) is 6.92 Å². The molecule has 1 rings (SSSR count). The Kier molecular flexibility index (Phi) is 10.3. The van der Waals surface area contributed by atoms with E-state index in [0.29, 0.717) is 24.1 Å². The fourth-order valence-electron chi connectivity index (χ4n) is 2.18. The molecule has 0 radical (unpaired) electrons. The monoisotopic (exact) mass is 401 g/mol. The topological polar surface area (TPSA) is 100 Å². The molecule has 0 bridgehead atoms. The number of hydrogen-bond donors (Lipinski definition) is 1. The van der Waals surface area contributed by atoms with E-state index in [9.17, 15) is 14.2 Å². The van der Waals surface area contributed by atoms with Crippen molar-refractivity contribution in [2.24, 2.45) is 0 Å². The van der Waals surface area contributed by atoms with Crippen LogP contribution in [-0.2, 0) is 27.7 Å². The van der Waals surface area contributed by atoms with Crippen LogP contribution in [0.25, 0.3) is 0 Å². The second-order valence-electron chi connectivity index (χ2n) is 5.69. The highest BCUT2D eigenvalue weighted by atomic mass is 31.2. The molecule has 0 aliphatic heterocycles. The molecule has 27 heavy (non-hydrogen) atoms. The Morgan fingerprint density at radius 1 is 1.04 bits per heavy atom. The fraction of sp³-hybridized carbons (Fsp3) is 0.556. The van der Waals surface area contributed by atoms with Crippen molar-refractivity contribution in [3.63, 3.8) is 0 Å². The van der Waals surface area contributed by atoms with Crippen molar-refractivity contribution in [3.8, 4) is 0 Å². The highest BCUT2D eigenvalue weighted by Gasteiger charge is 2.24. The van der Waals surface area contributed by atoms with E-state index in [-0.39, 0.29) is 32.3 Å². The average molecular weight is 401 g/mol. The number of anilines is 1. The standard InChI is InChI=1S/C18H28NO7P/c1-5-24-27(22,25-6-2)26-12-8-7-11-23-18(21)16-10-9-14(3)13-17(16)19-15(4)20/h9-10,13H,5-8,11-12H2,1-4H3,(H,19,20). The van der Waals surface area contributed by atoms with Gasteiger partial charge in [0, 0.05) is 6.92 Å². The second-order valence-corrected chi connectivity index (χ2v) is 7.36. The minimum atomic E-state index is -3.51. The lowest BCUT2D eigenvalue weighted by atomic mass is 10.1. The van der Waals surface area contributed by atoms with E-state index in [2.05, 4.69) is 5.32 Å². The Labute approximate surface area is 160 Å². The molecule has 8 nitrogen and oxygen atoms in total. The minimum Gasteiger partial charge on any atom is -0.462 e. The molecule has 1 aromatic carbocycles. The maximum Gasteiger partial charge on any atom is 0.474 e. The van der Waals surface area contributed by atoms with Gasteiger partial charge in [-0.15, -0.1) is 0 Å². The van der Waals surface area contributed by atoms with Crippen LogP contribution in [0.4, 0.5) is 5.69 Å². The van der Waals surface area contributed by atoms with Gasteiger partial charge in [-0.1, -0.05) is 6.07 Å². The number of nitrogens with one attached hydrogen (secondary N) is 1. The number of benzene rings is 1. The van der Waals surface area contributed by atoms with Gasteiger partial charge in [0.1, 0.15) is 0 Å². The van der Waals surface area contributed by atoms with Gasteiger partial charge >= 0.3 is 13.8 Å². The third kappa shape index (κ3) is 8.67. The quantitative estimate of drug-likeness (QED) is 0.320. The molecule has 1 amide bonds.